The molecule has 2 atom stereocenters. The maximum absolute atomic E-state index is 16.5. The Bertz CT molecular complexity index is 1670. The summed E-state index contributed by atoms with van der Waals surface area (Å²) in [6.45, 7) is 4.13. The fraction of sp³-hybridized carbons (Fsp3) is 0.241. The zero-order valence-corrected chi connectivity index (χ0v) is 20.0. The van der Waals surface area contributed by atoms with Crippen LogP contribution in [0.5, 0.6) is 5.75 Å². The van der Waals surface area contributed by atoms with E-state index in [0.717, 1.165) is 0 Å². The van der Waals surface area contributed by atoms with Gasteiger partial charge in [0.1, 0.15) is 28.8 Å². The van der Waals surface area contributed by atoms with Crippen molar-refractivity contribution in [3.8, 4) is 41.7 Å². The molecule has 2 aliphatic rings. The Morgan fingerprint density at radius 3 is 2.57 bits per heavy atom. The van der Waals surface area contributed by atoms with Gasteiger partial charge in [0, 0.05) is 41.0 Å². The minimum Gasteiger partial charge on any atom is -0.508 e. The number of nitrogens with zero attached hydrogens (tertiary/aromatic N) is 3. The number of aromatic hydroxyl groups is 1. The summed E-state index contributed by atoms with van der Waals surface area (Å²) >= 11 is 0. The van der Waals surface area contributed by atoms with E-state index in [4.69, 9.17) is 22.6 Å². The van der Waals surface area contributed by atoms with E-state index in [1.54, 1.807) is 13.1 Å². The van der Waals surface area contributed by atoms with Crippen molar-refractivity contribution in [3.05, 3.63) is 58.9 Å². The van der Waals surface area contributed by atoms with Crippen LogP contribution in [-0.4, -0.2) is 53.5 Å². The molecule has 2 aromatic heterocycles. The molecule has 2 saturated heterocycles. The Morgan fingerprint density at radius 2 is 1.86 bits per heavy atom. The van der Waals surface area contributed by atoms with Gasteiger partial charge in [-0.1, -0.05) is 12.0 Å². The van der Waals surface area contributed by atoms with Gasteiger partial charge < -0.3 is 20.1 Å². The van der Waals surface area contributed by atoms with Crippen molar-refractivity contribution in [1.82, 2.24) is 15.3 Å². The molecule has 2 unspecified atom stereocenters. The molecule has 0 spiro atoms. The number of morpholine rings is 1. The first kappa shape index (κ1) is 23.2. The van der Waals surface area contributed by atoms with E-state index < -0.39 is 11.6 Å². The third-order valence-corrected chi connectivity index (χ3v) is 7.21. The first-order chi connectivity index (χ1) is 17.9. The Labute approximate surface area is 212 Å². The van der Waals surface area contributed by atoms with Gasteiger partial charge >= 0.3 is 0 Å². The van der Waals surface area contributed by atoms with Crippen LogP contribution < -0.4 is 10.2 Å². The largest absolute Gasteiger partial charge is 0.508 e. The SMILES string of the molecule is C#Cc1nc(N2C3CNCC2COC3)c2cnc(-c3cc(O)cc4ccc(F)c(C#C)c34)c(F)c2c1C. The molecule has 2 N–H and O–H groups in total. The van der Waals surface area contributed by atoms with Crippen LogP contribution >= 0.6 is 0 Å². The highest BCUT2D eigenvalue weighted by Crippen LogP contribution is 2.40. The first-order valence-electron chi connectivity index (χ1n) is 11.9. The van der Waals surface area contributed by atoms with Crippen LogP contribution in [0.2, 0.25) is 0 Å². The lowest BCUT2D eigenvalue weighted by molar-refractivity contribution is 0.0524. The van der Waals surface area contributed by atoms with Crippen LogP contribution in [0.15, 0.2) is 30.5 Å². The zero-order valence-electron chi connectivity index (χ0n) is 20.0. The van der Waals surface area contributed by atoms with E-state index in [1.165, 1.54) is 24.3 Å². The highest BCUT2D eigenvalue weighted by atomic mass is 19.1. The third-order valence-electron chi connectivity index (χ3n) is 7.21. The van der Waals surface area contributed by atoms with E-state index in [-0.39, 0.29) is 40.0 Å². The molecular formula is C29H22F2N4O2. The molecule has 4 heterocycles. The number of rotatable bonds is 2. The van der Waals surface area contributed by atoms with Gasteiger partial charge in [0.25, 0.3) is 0 Å². The van der Waals surface area contributed by atoms with E-state index in [0.29, 0.717) is 59.5 Å². The number of phenolic OH excluding ortho intramolecular Hbond substituents is 1. The lowest BCUT2D eigenvalue weighted by Gasteiger charge is -2.47. The van der Waals surface area contributed by atoms with Crippen molar-refractivity contribution >= 4 is 27.4 Å². The predicted octanol–water partition coefficient (Wildman–Crippen LogP) is 3.88. The molecule has 0 aliphatic carbocycles. The number of anilines is 1. The quantitative estimate of drug-likeness (QED) is 0.411. The summed E-state index contributed by atoms with van der Waals surface area (Å²) in [5.41, 5.74) is 0.912. The van der Waals surface area contributed by atoms with Gasteiger partial charge in [-0.15, -0.1) is 12.8 Å². The van der Waals surface area contributed by atoms with Crippen molar-refractivity contribution in [3.63, 3.8) is 0 Å². The number of piperazine rings is 1. The van der Waals surface area contributed by atoms with Crippen LogP contribution in [-0.2, 0) is 4.74 Å². The Morgan fingerprint density at radius 1 is 1.11 bits per heavy atom. The molecular weight excluding hydrogens is 474 g/mol. The van der Waals surface area contributed by atoms with Crippen molar-refractivity contribution in [2.75, 3.05) is 31.2 Å². The highest BCUT2D eigenvalue weighted by Gasteiger charge is 2.37. The Hall–Kier alpha value is -4.24. The van der Waals surface area contributed by atoms with E-state index in [9.17, 15) is 9.50 Å². The number of terminal acetylenes is 2. The van der Waals surface area contributed by atoms with Crippen molar-refractivity contribution in [2.45, 2.75) is 19.0 Å². The summed E-state index contributed by atoms with van der Waals surface area (Å²) < 4.78 is 36.9. The lowest BCUT2D eigenvalue weighted by atomic mass is 9.94. The number of aromatic nitrogens is 2. The fourth-order valence-electron chi connectivity index (χ4n) is 5.55. The molecule has 8 heteroatoms. The van der Waals surface area contributed by atoms with Gasteiger partial charge in [-0.3, -0.25) is 4.98 Å². The van der Waals surface area contributed by atoms with E-state index in [1.807, 2.05) is 0 Å². The summed E-state index contributed by atoms with van der Waals surface area (Å²) in [6.07, 6.45) is 13.0. The number of hydrogen-bond acceptors (Lipinski definition) is 6. The van der Waals surface area contributed by atoms with Crippen LogP contribution in [0, 0.1) is 43.2 Å². The maximum atomic E-state index is 16.5. The van der Waals surface area contributed by atoms with Crippen LogP contribution in [0.25, 0.3) is 32.8 Å². The minimum atomic E-state index is -0.647. The second-order valence-electron chi connectivity index (χ2n) is 9.33. The standard InChI is InChI=1S/C29H22F2N4O2/c1-4-20-23(30)7-6-16-8-19(36)9-21(26(16)20)28-27(31)25-15(3)24(5-2)34-29(22(25)12-33-28)35-17-10-32-11-18(35)14-37-13-17/h1-2,6-9,12,17-18,32,36H,10-11,13-14H2,3H3. The number of ether oxygens (including phenoxy) is 1. The zero-order chi connectivity index (χ0) is 25.8. The topological polar surface area (TPSA) is 70.5 Å². The van der Waals surface area contributed by atoms with Crippen molar-refractivity contribution in [1.29, 1.82) is 0 Å². The number of benzene rings is 2. The monoisotopic (exact) mass is 496 g/mol. The van der Waals surface area contributed by atoms with Crippen LogP contribution in [0.1, 0.15) is 16.8 Å². The molecule has 6 rings (SSSR count). The molecule has 0 amide bonds. The average molecular weight is 497 g/mol. The molecule has 6 nitrogen and oxygen atoms in total. The minimum absolute atomic E-state index is 0.00967. The number of phenols is 1. The predicted molar refractivity (Wildman–Crippen MR) is 138 cm³/mol. The summed E-state index contributed by atoms with van der Waals surface area (Å²) in [7, 11) is 0. The Balaban J connectivity index is 1.66. The van der Waals surface area contributed by atoms with Crippen molar-refractivity contribution in [2.24, 2.45) is 0 Å². The smallest absolute Gasteiger partial charge is 0.157 e. The van der Waals surface area contributed by atoms with Gasteiger partial charge in [0.15, 0.2) is 5.82 Å². The first-order valence-corrected chi connectivity index (χ1v) is 11.9. The number of halogens is 2. The molecule has 2 aliphatic heterocycles. The number of hydrogen-bond donors (Lipinski definition) is 2. The molecule has 0 saturated carbocycles. The third kappa shape index (κ3) is 3.49. The number of fused-ring (bicyclic) bond motifs is 4. The maximum Gasteiger partial charge on any atom is 0.157 e. The summed E-state index contributed by atoms with van der Waals surface area (Å²) in [5, 5.41) is 15.4. The van der Waals surface area contributed by atoms with Crippen LogP contribution in [0.3, 0.4) is 0 Å². The Kier molecular flexibility index (Phi) is 5.45. The molecule has 2 bridgehead atoms. The second-order valence-corrected chi connectivity index (χ2v) is 9.33. The normalized spacial score (nSPS) is 19.1. The molecule has 4 aromatic rings. The fourth-order valence-corrected chi connectivity index (χ4v) is 5.55. The summed E-state index contributed by atoms with van der Waals surface area (Å²) in [6, 6.07) is 5.53. The van der Waals surface area contributed by atoms with E-state index in [2.05, 4.69) is 27.0 Å². The molecule has 184 valence electrons. The van der Waals surface area contributed by atoms with Gasteiger partial charge in [-0.05, 0) is 42.0 Å². The number of nitrogens with one attached hydrogen (secondary N) is 1. The molecule has 37 heavy (non-hydrogen) atoms. The number of aryl methyl sites for hydroxylation is 1. The molecule has 0 radical (unpaired) electrons. The van der Waals surface area contributed by atoms with Gasteiger partial charge in [0.2, 0.25) is 0 Å². The highest BCUT2D eigenvalue weighted by molar-refractivity contribution is 6.04. The van der Waals surface area contributed by atoms with E-state index >= 15 is 4.39 Å². The average Bonchev–Trinajstić information content (AvgIpc) is 2.88. The van der Waals surface area contributed by atoms with Gasteiger partial charge in [0.05, 0.1) is 30.9 Å². The van der Waals surface area contributed by atoms with Gasteiger partial charge in [-0.25, -0.2) is 13.8 Å². The van der Waals surface area contributed by atoms with Gasteiger partial charge in [-0.2, -0.15) is 0 Å². The second kappa shape index (κ2) is 8.70. The molecule has 2 aromatic carbocycles. The molecule has 2 fully saturated rings. The lowest BCUT2D eigenvalue weighted by Crippen LogP contribution is -2.64. The summed E-state index contributed by atoms with van der Waals surface area (Å²) in [5.74, 6) is 4.13. The summed E-state index contributed by atoms with van der Waals surface area (Å²) in [4.78, 5) is 11.4. The van der Waals surface area contributed by atoms with Crippen molar-refractivity contribution < 1.29 is 18.6 Å². The number of pyridine rings is 2. The van der Waals surface area contributed by atoms with Crippen LogP contribution in [0.4, 0.5) is 14.6 Å².